The average molecular weight is 439 g/mol. The number of aryl methyl sites for hydroxylation is 1. The molecule has 6 heteroatoms. The number of rotatable bonds is 7. The Labute approximate surface area is 185 Å². The Morgan fingerprint density at radius 1 is 1.07 bits per heavy atom. The van der Waals surface area contributed by atoms with Crippen LogP contribution in [0, 0.1) is 6.92 Å². The van der Waals surface area contributed by atoms with E-state index in [1.807, 2.05) is 19.1 Å². The lowest BCUT2D eigenvalue weighted by molar-refractivity contribution is 0.311. The van der Waals surface area contributed by atoms with E-state index in [1.165, 1.54) is 10.3 Å². The van der Waals surface area contributed by atoms with Crippen LogP contribution in [-0.4, -0.2) is 18.7 Å². The van der Waals surface area contributed by atoms with E-state index in [0.29, 0.717) is 29.7 Å². The molecule has 154 valence electrons. The molecule has 1 aromatic heterocycles. The smallest absolute Gasteiger partial charge is 0.179 e. The molecule has 0 fully saturated rings. The monoisotopic (exact) mass is 438 g/mol. The summed E-state index contributed by atoms with van der Waals surface area (Å²) >= 11 is 8.09. The highest BCUT2D eigenvalue weighted by molar-refractivity contribution is 7.21. The molecule has 4 aromatic rings. The van der Waals surface area contributed by atoms with Crippen molar-refractivity contribution in [1.29, 1.82) is 0 Å². The number of hydrogen-bond acceptors (Lipinski definition) is 5. The fourth-order valence-corrected chi connectivity index (χ4v) is 4.61. The number of halogens is 1. The predicted octanol–water partition coefficient (Wildman–Crippen LogP) is 6.94. The van der Waals surface area contributed by atoms with Gasteiger partial charge in [0.25, 0.3) is 0 Å². The molecule has 30 heavy (non-hydrogen) atoms. The van der Waals surface area contributed by atoms with Gasteiger partial charge < -0.3 is 14.8 Å². The first-order valence-electron chi connectivity index (χ1n) is 9.78. The third kappa shape index (κ3) is 4.37. The fraction of sp³-hybridized carbons (Fsp3) is 0.208. The molecule has 0 aliphatic carbocycles. The lowest BCUT2D eigenvalue weighted by atomic mass is 10.1. The molecular formula is C24H23ClN2O2S. The van der Waals surface area contributed by atoms with E-state index in [-0.39, 0.29) is 0 Å². The average Bonchev–Trinajstić information content (AvgIpc) is 3.17. The summed E-state index contributed by atoms with van der Waals surface area (Å²) < 4.78 is 12.2. The minimum absolute atomic E-state index is 0.536. The van der Waals surface area contributed by atoms with Crippen molar-refractivity contribution in [2.24, 2.45) is 0 Å². The zero-order chi connectivity index (χ0) is 21.1. The van der Waals surface area contributed by atoms with Crippen LogP contribution in [0.3, 0.4) is 0 Å². The molecule has 3 aromatic carbocycles. The fourth-order valence-electron chi connectivity index (χ4n) is 3.25. The molecule has 0 amide bonds. The second kappa shape index (κ2) is 8.94. The Kier molecular flexibility index (Phi) is 6.11. The van der Waals surface area contributed by atoms with Crippen molar-refractivity contribution >= 4 is 38.8 Å². The first-order valence-corrected chi connectivity index (χ1v) is 11.0. The molecular weight excluding hydrogens is 416 g/mol. The lowest BCUT2D eigenvalue weighted by Crippen LogP contribution is -2.02. The Hall–Kier alpha value is -2.76. The highest BCUT2D eigenvalue weighted by Gasteiger charge is 2.12. The van der Waals surface area contributed by atoms with Gasteiger partial charge in [0, 0.05) is 17.8 Å². The van der Waals surface area contributed by atoms with Crippen LogP contribution in [-0.2, 0) is 6.54 Å². The van der Waals surface area contributed by atoms with Crippen molar-refractivity contribution in [3.05, 3.63) is 70.7 Å². The summed E-state index contributed by atoms with van der Waals surface area (Å²) in [5, 5.41) is 5.01. The van der Waals surface area contributed by atoms with E-state index >= 15 is 0 Å². The summed E-state index contributed by atoms with van der Waals surface area (Å²) in [6.07, 6.45) is 0. The van der Waals surface area contributed by atoms with Gasteiger partial charge in [-0.05, 0) is 73.5 Å². The minimum Gasteiger partial charge on any atom is -0.493 e. The maximum Gasteiger partial charge on any atom is 0.179 e. The first-order chi connectivity index (χ1) is 14.6. The van der Waals surface area contributed by atoms with Gasteiger partial charge in [-0.2, -0.15) is 0 Å². The van der Waals surface area contributed by atoms with Crippen LogP contribution in [0.2, 0.25) is 5.02 Å². The highest BCUT2D eigenvalue weighted by Crippen LogP contribution is 2.37. The SMILES string of the molecule is CCOc1c(Cl)cc(CNc2ccc(-c3nc4ccc(C)cc4s3)cc2)cc1OC. The normalized spacial score (nSPS) is 10.9. The summed E-state index contributed by atoms with van der Waals surface area (Å²) in [4.78, 5) is 4.76. The topological polar surface area (TPSA) is 43.4 Å². The Bertz CT molecular complexity index is 1170. The van der Waals surface area contributed by atoms with Gasteiger partial charge in [-0.15, -0.1) is 11.3 Å². The minimum atomic E-state index is 0.536. The number of benzene rings is 3. The number of anilines is 1. The van der Waals surface area contributed by atoms with Crippen LogP contribution in [0.1, 0.15) is 18.1 Å². The Morgan fingerprint density at radius 2 is 1.87 bits per heavy atom. The van der Waals surface area contributed by atoms with Gasteiger partial charge in [0.2, 0.25) is 0 Å². The van der Waals surface area contributed by atoms with E-state index in [2.05, 4.69) is 54.7 Å². The molecule has 0 saturated carbocycles. The van der Waals surface area contributed by atoms with Crippen molar-refractivity contribution in [2.75, 3.05) is 19.0 Å². The third-order valence-corrected chi connectivity index (χ3v) is 6.10. The zero-order valence-electron chi connectivity index (χ0n) is 17.2. The van der Waals surface area contributed by atoms with Gasteiger partial charge in [0.1, 0.15) is 5.01 Å². The van der Waals surface area contributed by atoms with Crippen LogP contribution in [0.4, 0.5) is 5.69 Å². The molecule has 0 spiro atoms. The van der Waals surface area contributed by atoms with Gasteiger partial charge in [-0.1, -0.05) is 17.7 Å². The number of fused-ring (bicyclic) bond motifs is 1. The third-order valence-electron chi connectivity index (χ3n) is 4.75. The molecule has 1 N–H and O–H groups in total. The quantitative estimate of drug-likeness (QED) is 0.339. The predicted molar refractivity (Wildman–Crippen MR) is 126 cm³/mol. The summed E-state index contributed by atoms with van der Waals surface area (Å²) in [6, 6.07) is 18.5. The molecule has 1 heterocycles. The molecule has 0 bridgehead atoms. The number of ether oxygens (including phenoxy) is 2. The first kappa shape index (κ1) is 20.5. The van der Waals surface area contributed by atoms with Gasteiger partial charge in [-0.25, -0.2) is 4.98 Å². The summed E-state index contributed by atoms with van der Waals surface area (Å²) in [6.45, 7) is 5.19. The van der Waals surface area contributed by atoms with E-state index in [9.17, 15) is 0 Å². The van der Waals surface area contributed by atoms with Crippen molar-refractivity contribution < 1.29 is 9.47 Å². The number of hydrogen-bond donors (Lipinski definition) is 1. The van der Waals surface area contributed by atoms with Gasteiger partial charge >= 0.3 is 0 Å². The lowest BCUT2D eigenvalue weighted by Gasteiger charge is -2.14. The zero-order valence-corrected chi connectivity index (χ0v) is 18.7. The molecule has 0 saturated heterocycles. The van der Waals surface area contributed by atoms with Crippen molar-refractivity contribution in [2.45, 2.75) is 20.4 Å². The summed E-state index contributed by atoms with van der Waals surface area (Å²) in [5.74, 6) is 1.23. The number of methoxy groups -OCH3 is 1. The van der Waals surface area contributed by atoms with Crippen LogP contribution >= 0.6 is 22.9 Å². The summed E-state index contributed by atoms with van der Waals surface area (Å²) in [5.41, 5.74) is 5.46. The standard InChI is InChI=1S/C24H23ClN2O2S/c1-4-29-23-19(25)12-16(13-21(23)28-3)14-26-18-8-6-17(7-9-18)24-27-20-10-5-15(2)11-22(20)30-24/h5-13,26H,4,14H2,1-3H3. The number of aromatic nitrogens is 1. The van der Waals surface area contributed by atoms with E-state index in [0.717, 1.165) is 27.3 Å². The van der Waals surface area contributed by atoms with Crippen molar-refractivity contribution in [3.8, 4) is 22.1 Å². The second-order valence-corrected chi connectivity index (χ2v) is 8.40. The van der Waals surface area contributed by atoms with Crippen molar-refractivity contribution in [1.82, 2.24) is 4.98 Å². The van der Waals surface area contributed by atoms with E-state index in [1.54, 1.807) is 18.4 Å². The van der Waals surface area contributed by atoms with Crippen LogP contribution in [0.5, 0.6) is 11.5 Å². The second-order valence-electron chi connectivity index (χ2n) is 6.96. The van der Waals surface area contributed by atoms with Crippen LogP contribution < -0.4 is 14.8 Å². The van der Waals surface area contributed by atoms with Gasteiger partial charge in [0.05, 0.1) is 29.0 Å². The molecule has 0 atom stereocenters. The van der Waals surface area contributed by atoms with Crippen LogP contribution in [0.15, 0.2) is 54.6 Å². The number of thiazole rings is 1. The highest BCUT2D eigenvalue weighted by atomic mass is 35.5. The molecule has 0 aliphatic heterocycles. The number of nitrogens with zero attached hydrogens (tertiary/aromatic N) is 1. The van der Waals surface area contributed by atoms with Crippen LogP contribution in [0.25, 0.3) is 20.8 Å². The molecule has 0 unspecified atom stereocenters. The molecule has 4 rings (SSSR count). The Balaban J connectivity index is 1.48. The maximum absolute atomic E-state index is 6.37. The van der Waals surface area contributed by atoms with Crippen molar-refractivity contribution in [3.63, 3.8) is 0 Å². The van der Waals surface area contributed by atoms with Gasteiger partial charge in [-0.3, -0.25) is 0 Å². The maximum atomic E-state index is 6.37. The number of nitrogens with one attached hydrogen (secondary N) is 1. The summed E-state index contributed by atoms with van der Waals surface area (Å²) in [7, 11) is 1.62. The molecule has 4 nitrogen and oxygen atoms in total. The Morgan fingerprint density at radius 3 is 2.60 bits per heavy atom. The van der Waals surface area contributed by atoms with E-state index in [4.69, 9.17) is 26.1 Å². The molecule has 0 aliphatic rings. The largest absolute Gasteiger partial charge is 0.493 e. The van der Waals surface area contributed by atoms with E-state index < -0.39 is 0 Å². The molecule has 0 radical (unpaired) electrons. The van der Waals surface area contributed by atoms with Gasteiger partial charge in [0.15, 0.2) is 11.5 Å².